The summed E-state index contributed by atoms with van der Waals surface area (Å²) in [6, 6.07) is 17.1. The van der Waals surface area contributed by atoms with E-state index in [0.29, 0.717) is 28.9 Å². The van der Waals surface area contributed by atoms with Crippen molar-refractivity contribution in [2.45, 2.75) is 6.54 Å². The Kier molecular flexibility index (Phi) is 5.81. The number of hydrogen-bond donors (Lipinski definition) is 1. The summed E-state index contributed by atoms with van der Waals surface area (Å²) in [5, 5.41) is 6.20. The van der Waals surface area contributed by atoms with Crippen LogP contribution in [0.4, 0.5) is 5.13 Å². The van der Waals surface area contributed by atoms with E-state index >= 15 is 0 Å². The number of nitrogens with one attached hydrogen (secondary N) is 1. The second-order valence-electron chi connectivity index (χ2n) is 5.91. The van der Waals surface area contributed by atoms with E-state index in [2.05, 4.69) is 15.5 Å². The van der Waals surface area contributed by atoms with Gasteiger partial charge in [-0.15, -0.1) is 0 Å². The molecule has 0 unspecified atom stereocenters. The van der Waals surface area contributed by atoms with Gasteiger partial charge in [0.1, 0.15) is 12.4 Å². The smallest absolute Gasteiger partial charge is 0.204 e. The lowest BCUT2D eigenvalue weighted by molar-refractivity contribution is 0.298. The number of para-hydroxylation sites is 1. The van der Waals surface area contributed by atoms with Gasteiger partial charge in [-0.3, -0.25) is 5.43 Å². The van der Waals surface area contributed by atoms with Gasteiger partial charge in [0, 0.05) is 17.3 Å². The number of aromatic nitrogens is 2. The monoisotopic (exact) mass is 430 g/mol. The molecule has 4 aromatic rings. The Hall–Kier alpha value is -2.54. The highest BCUT2D eigenvalue weighted by Gasteiger charge is 2.04. The van der Waals surface area contributed by atoms with E-state index in [1.807, 2.05) is 47.2 Å². The van der Waals surface area contributed by atoms with Gasteiger partial charge in [-0.05, 0) is 36.4 Å². The minimum absolute atomic E-state index is 0.459. The van der Waals surface area contributed by atoms with Crippen LogP contribution in [0.25, 0.3) is 10.2 Å². The van der Waals surface area contributed by atoms with Crippen molar-refractivity contribution in [2.75, 3.05) is 12.0 Å². The molecule has 2 heterocycles. The third-order valence-corrected chi connectivity index (χ3v) is 5.49. The minimum Gasteiger partial charge on any atom is -0.490 e. The van der Waals surface area contributed by atoms with Gasteiger partial charge in [0.25, 0.3) is 0 Å². The van der Waals surface area contributed by atoms with Crippen molar-refractivity contribution in [2.24, 2.45) is 5.10 Å². The minimum atomic E-state index is 0.459. The largest absolute Gasteiger partial charge is 0.490 e. The van der Waals surface area contributed by atoms with Gasteiger partial charge in [0.15, 0.2) is 0 Å². The Labute approximate surface area is 176 Å². The van der Waals surface area contributed by atoms with Crippen LogP contribution in [0.5, 0.6) is 5.75 Å². The number of rotatable bonds is 7. The quantitative estimate of drug-likeness (QED) is 0.292. The summed E-state index contributed by atoms with van der Waals surface area (Å²) in [6.45, 7) is 1.11. The maximum absolute atomic E-state index is 6.12. The molecular formula is C20H16Cl2N4OS. The molecule has 142 valence electrons. The maximum atomic E-state index is 6.12. The standard InChI is InChI=1S/C20H16Cl2N4OS/c21-14-7-8-16(22)18(12-14)27-11-10-26-9-3-4-15(26)13-23-25-20-24-17-5-1-2-6-19(17)28-20/h1-9,12-13H,10-11H2,(H,24,25). The molecule has 2 aromatic carbocycles. The van der Waals surface area contributed by atoms with Crippen molar-refractivity contribution in [1.82, 2.24) is 9.55 Å². The molecule has 5 nitrogen and oxygen atoms in total. The van der Waals surface area contributed by atoms with Crippen molar-refractivity contribution < 1.29 is 4.74 Å². The van der Waals surface area contributed by atoms with Gasteiger partial charge < -0.3 is 9.30 Å². The van der Waals surface area contributed by atoms with Gasteiger partial charge in [-0.1, -0.05) is 46.7 Å². The highest BCUT2D eigenvalue weighted by atomic mass is 35.5. The Morgan fingerprint density at radius 3 is 2.93 bits per heavy atom. The zero-order valence-corrected chi connectivity index (χ0v) is 17.0. The summed E-state index contributed by atoms with van der Waals surface area (Å²) in [5.74, 6) is 0.578. The van der Waals surface area contributed by atoms with E-state index < -0.39 is 0 Å². The zero-order valence-electron chi connectivity index (χ0n) is 14.7. The van der Waals surface area contributed by atoms with Crippen LogP contribution in [0.2, 0.25) is 10.0 Å². The van der Waals surface area contributed by atoms with Crippen molar-refractivity contribution in [3.05, 3.63) is 76.5 Å². The molecule has 0 aliphatic rings. The molecule has 0 fully saturated rings. The molecule has 0 saturated carbocycles. The van der Waals surface area contributed by atoms with Gasteiger partial charge in [-0.2, -0.15) is 5.10 Å². The molecule has 0 aliphatic carbocycles. The maximum Gasteiger partial charge on any atom is 0.204 e. The number of anilines is 1. The molecule has 1 N–H and O–H groups in total. The van der Waals surface area contributed by atoms with Crippen molar-refractivity contribution >= 4 is 56.1 Å². The second-order valence-corrected chi connectivity index (χ2v) is 7.78. The number of hydrazone groups is 1. The third-order valence-electron chi connectivity index (χ3n) is 4.00. The van der Waals surface area contributed by atoms with Gasteiger partial charge in [0.05, 0.1) is 33.7 Å². The van der Waals surface area contributed by atoms with E-state index in [0.717, 1.165) is 21.0 Å². The van der Waals surface area contributed by atoms with Crippen molar-refractivity contribution in [3.8, 4) is 5.75 Å². The molecule has 0 saturated heterocycles. The highest BCUT2D eigenvalue weighted by molar-refractivity contribution is 7.22. The summed E-state index contributed by atoms with van der Waals surface area (Å²) < 4.78 is 8.92. The first-order valence-corrected chi connectivity index (χ1v) is 10.1. The summed E-state index contributed by atoms with van der Waals surface area (Å²) in [7, 11) is 0. The van der Waals surface area contributed by atoms with Crippen LogP contribution >= 0.6 is 34.5 Å². The number of thiazole rings is 1. The van der Waals surface area contributed by atoms with Crippen LogP contribution in [0.3, 0.4) is 0 Å². The topological polar surface area (TPSA) is 51.4 Å². The van der Waals surface area contributed by atoms with Gasteiger partial charge >= 0.3 is 0 Å². The number of benzene rings is 2. The number of ether oxygens (including phenoxy) is 1. The van der Waals surface area contributed by atoms with Crippen LogP contribution in [-0.4, -0.2) is 22.4 Å². The molecule has 0 radical (unpaired) electrons. The van der Waals surface area contributed by atoms with Crippen LogP contribution in [-0.2, 0) is 6.54 Å². The Morgan fingerprint density at radius 2 is 2.04 bits per heavy atom. The Morgan fingerprint density at radius 1 is 1.14 bits per heavy atom. The molecule has 28 heavy (non-hydrogen) atoms. The van der Waals surface area contributed by atoms with E-state index in [9.17, 15) is 0 Å². The fraction of sp³-hybridized carbons (Fsp3) is 0.100. The van der Waals surface area contributed by atoms with Crippen LogP contribution < -0.4 is 10.2 Å². The summed E-state index contributed by atoms with van der Waals surface area (Å²) in [5.41, 5.74) is 4.91. The lowest BCUT2D eigenvalue weighted by atomic mass is 10.3. The average molecular weight is 431 g/mol. The summed E-state index contributed by atoms with van der Waals surface area (Å²) in [6.07, 6.45) is 3.74. The first-order chi connectivity index (χ1) is 13.7. The number of halogens is 2. The van der Waals surface area contributed by atoms with Gasteiger partial charge in [-0.25, -0.2) is 4.98 Å². The highest BCUT2D eigenvalue weighted by Crippen LogP contribution is 2.28. The second kappa shape index (κ2) is 8.65. The van der Waals surface area contributed by atoms with Crippen LogP contribution in [0, 0.1) is 0 Å². The van der Waals surface area contributed by atoms with Crippen molar-refractivity contribution in [3.63, 3.8) is 0 Å². The normalized spacial score (nSPS) is 11.4. The predicted molar refractivity (Wildman–Crippen MR) is 117 cm³/mol. The molecule has 0 aliphatic heterocycles. The molecular weight excluding hydrogens is 415 g/mol. The molecule has 0 spiro atoms. The Bertz CT molecular complexity index is 1090. The molecule has 0 amide bonds. The summed E-state index contributed by atoms with van der Waals surface area (Å²) in [4.78, 5) is 4.50. The van der Waals surface area contributed by atoms with Gasteiger partial charge in [0.2, 0.25) is 5.13 Å². The number of fused-ring (bicyclic) bond motifs is 1. The van der Waals surface area contributed by atoms with E-state index in [1.165, 1.54) is 0 Å². The lowest BCUT2D eigenvalue weighted by Gasteiger charge is -2.10. The zero-order chi connectivity index (χ0) is 19.3. The number of hydrogen-bond acceptors (Lipinski definition) is 5. The molecule has 4 rings (SSSR count). The molecule has 0 bridgehead atoms. The Balaban J connectivity index is 1.35. The van der Waals surface area contributed by atoms with Crippen molar-refractivity contribution in [1.29, 1.82) is 0 Å². The first-order valence-electron chi connectivity index (χ1n) is 8.57. The average Bonchev–Trinajstić information content (AvgIpc) is 3.31. The van der Waals surface area contributed by atoms with E-state index in [-0.39, 0.29) is 0 Å². The number of nitrogens with zero attached hydrogens (tertiary/aromatic N) is 3. The fourth-order valence-electron chi connectivity index (χ4n) is 2.66. The lowest BCUT2D eigenvalue weighted by Crippen LogP contribution is -2.10. The molecule has 0 atom stereocenters. The SMILES string of the molecule is Clc1ccc(Cl)c(OCCn2cccc2C=NNc2nc3ccccc3s2)c1. The third kappa shape index (κ3) is 4.47. The predicted octanol–water partition coefficient (Wildman–Crippen LogP) is 5.93. The van der Waals surface area contributed by atoms with Crippen LogP contribution in [0.15, 0.2) is 65.9 Å². The van der Waals surface area contributed by atoms with E-state index in [4.69, 9.17) is 27.9 Å². The first kappa shape index (κ1) is 18.8. The molecule has 8 heteroatoms. The van der Waals surface area contributed by atoms with Crippen LogP contribution in [0.1, 0.15) is 5.69 Å². The van der Waals surface area contributed by atoms with E-state index in [1.54, 1.807) is 35.8 Å². The fourth-order valence-corrected chi connectivity index (χ4v) is 3.81. The summed E-state index contributed by atoms with van der Waals surface area (Å²) >= 11 is 13.7. The molecule has 2 aromatic heterocycles.